The van der Waals surface area contributed by atoms with Crippen LogP contribution in [0.2, 0.25) is 0 Å². The fourth-order valence-electron chi connectivity index (χ4n) is 2.46. The first kappa shape index (κ1) is 15.8. The molecule has 0 spiro atoms. The predicted octanol–water partition coefficient (Wildman–Crippen LogP) is 2.92. The van der Waals surface area contributed by atoms with Gasteiger partial charge >= 0.3 is 6.18 Å². The van der Waals surface area contributed by atoms with Gasteiger partial charge in [-0.2, -0.15) is 13.2 Å². The minimum absolute atomic E-state index is 0.00933. The molecule has 0 saturated carbocycles. The topological polar surface area (TPSA) is 32.3 Å². The molecule has 0 radical (unpaired) electrons. The van der Waals surface area contributed by atoms with Crippen molar-refractivity contribution in [3.8, 4) is 0 Å². The molecule has 3 nitrogen and oxygen atoms in total. The molecular weight excluding hydrogens is 281 g/mol. The van der Waals surface area contributed by atoms with Gasteiger partial charge in [0.25, 0.3) is 5.91 Å². The highest BCUT2D eigenvalue weighted by Gasteiger charge is 2.33. The van der Waals surface area contributed by atoms with Crippen LogP contribution in [0.5, 0.6) is 0 Å². The highest BCUT2D eigenvalue weighted by molar-refractivity contribution is 5.94. The Hall–Kier alpha value is -1.56. The van der Waals surface area contributed by atoms with Crippen LogP contribution in [0.1, 0.15) is 35.7 Å². The Morgan fingerprint density at radius 3 is 2.43 bits per heavy atom. The quantitative estimate of drug-likeness (QED) is 0.911. The molecule has 0 aliphatic carbocycles. The van der Waals surface area contributed by atoms with Gasteiger partial charge in [0, 0.05) is 24.2 Å². The van der Waals surface area contributed by atoms with Gasteiger partial charge in [-0.1, -0.05) is 6.07 Å². The van der Waals surface area contributed by atoms with Gasteiger partial charge in [-0.25, -0.2) is 0 Å². The van der Waals surface area contributed by atoms with Crippen LogP contribution in [-0.4, -0.2) is 36.5 Å². The molecule has 1 aromatic rings. The summed E-state index contributed by atoms with van der Waals surface area (Å²) in [6, 6.07) is 4.61. The van der Waals surface area contributed by atoms with Crippen LogP contribution < -0.4 is 5.32 Å². The second kappa shape index (κ2) is 5.67. The van der Waals surface area contributed by atoms with Gasteiger partial charge in [0.1, 0.15) is 0 Å². The second-order valence-electron chi connectivity index (χ2n) is 5.68. The van der Waals surface area contributed by atoms with Gasteiger partial charge in [-0.05, 0) is 45.0 Å². The number of amides is 1. The molecule has 1 saturated heterocycles. The Morgan fingerprint density at radius 1 is 1.29 bits per heavy atom. The Balaban J connectivity index is 2.11. The number of likely N-dealkylation sites (tertiary alicyclic amines) is 1. The third-order valence-electron chi connectivity index (χ3n) is 4.19. The highest BCUT2D eigenvalue weighted by Crippen LogP contribution is 2.30. The number of piperidine rings is 1. The molecule has 1 amide bonds. The van der Waals surface area contributed by atoms with E-state index in [1.165, 1.54) is 12.1 Å². The summed E-state index contributed by atoms with van der Waals surface area (Å²) in [6.45, 7) is 3.18. The van der Waals surface area contributed by atoms with Crippen molar-refractivity contribution in [3.05, 3.63) is 35.4 Å². The molecule has 0 bridgehead atoms. The van der Waals surface area contributed by atoms with E-state index in [9.17, 15) is 18.0 Å². The average Bonchev–Trinajstić information content (AvgIpc) is 2.47. The van der Waals surface area contributed by atoms with Crippen molar-refractivity contribution in [1.82, 2.24) is 10.2 Å². The standard InChI is InChI=1S/C15H19F3N2O/c1-14(19-2)6-8-20(9-7-14)13(21)11-4-3-5-12(10-11)15(16,17)18/h3-5,10,19H,6-9H2,1-2H3. The van der Waals surface area contributed by atoms with E-state index >= 15 is 0 Å². The summed E-state index contributed by atoms with van der Waals surface area (Å²) >= 11 is 0. The van der Waals surface area contributed by atoms with E-state index in [1.807, 2.05) is 7.05 Å². The maximum absolute atomic E-state index is 12.7. The van der Waals surface area contributed by atoms with E-state index in [-0.39, 0.29) is 17.0 Å². The van der Waals surface area contributed by atoms with Gasteiger partial charge in [0.15, 0.2) is 0 Å². The van der Waals surface area contributed by atoms with Crippen molar-refractivity contribution in [2.75, 3.05) is 20.1 Å². The van der Waals surface area contributed by atoms with Crippen LogP contribution in [0.4, 0.5) is 13.2 Å². The van der Waals surface area contributed by atoms with Crippen molar-refractivity contribution < 1.29 is 18.0 Å². The molecule has 1 fully saturated rings. The minimum Gasteiger partial charge on any atom is -0.339 e. The summed E-state index contributed by atoms with van der Waals surface area (Å²) < 4.78 is 38.1. The maximum atomic E-state index is 12.7. The summed E-state index contributed by atoms with van der Waals surface area (Å²) in [4.78, 5) is 13.9. The summed E-state index contributed by atoms with van der Waals surface area (Å²) in [5, 5.41) is 3.22. The largest absolute Gasteiger partial charge is 0.416 e. The molecule has 1 aliphatic heterocycles. The number of carbonyl (C=O) groups excluding carboxylic acids is 1. The number of hydrogen-bond acceptors (Lipinski definition) is 2. The third-order valence-corrected chi connectivity index (χ3v) is 4.19. The van der Waals surface area contributed by atoms with E-state index < -0.39 is 11.7 Å². The molecule has 1 aromatic carbocycles. The predicted molar refractivity (Wildman–Crippen MR) is 74.0 cm³/mol. The van der Waals surface area contributed by atoms with E-state index in [0.717, 1.165) is 25.0 Å². The van der Waals surface area contributed by atoms with Crippen LogP contribution in [0.3, 0.4) is 0 Å². The van der Waals surface area contributed by atoms with E-state index in [4.69, 9.17) is 0 Å². The summed E-state index contributed by atoms with van der Waals surface area (Å²) in [5.74, 6) is -0.334. The monoisotopic (exact) mass is 300 g/mol. The third kappa shape index (κ3) is 3.56. The lowest BCUT2D eigenvalue weighted by atomic mass is 9.89. The van der Waals surface area contributed by atoms with Crippen LogP contribution in [0.25, 0.3) is 0 Å². The maximum Gasteiger partial charge on any atom is 0.416 e. The van der Waals surface area contributed by atoms with Crippen molar-refractivity contribution in [2.24, 2.45) is 0 Å². The molecule has 21 heavy (non-hydrogen) atoms. The number of alkyl halides is 3. The van der Waals surface area contributed by atoms with E-state index in [1.54, 1.807) is 4.90 Å². The number of nitrogens with zero attached hydrogens (tertiary/aromatic N) is 1. The number of nitrogens with one attached hydrogen (secondary N) is 1. The summed E-state index contributed by atoms with van der Waals surface area (Å²) in [6.07, 6.45) is -2.86. The smallest absolute Gasteiger partial charge is 0.339 e. The average molecular weight is 300 g/mol. The fraction of sp³-hybridized carbons (Fsp3) is 0.533. The molecule has 0 unspecified atom stereocenters. The molecular formula is C15H19F3N2O. The fourth-order valence-corrected chi connectivity index (χ4v) is 2.46. The molecule has 0 aromatic heterocycles. The van der Waals surface area contributed by atoms with E-state index in [0.29, 0.717) is 13.1 Å². The molecule has 1 N–H and O–H groups in total. The second-order valence-corrected chi connectivity index (χ2v) is 5.68. The number of benzene rings is 1. The molecule has 6 heteroatoms. The number of hydrogen-bond donors (Lipinski definition) is 1. The van der Waals surface area contributed by atoms with Crippen molar-refractivity contribution >= 4 is 5.91 Å². The van der Waals surface area contributed by atoms with Gasteiger partial charge in [-0.15, -0.1) is 0 Å². The van der Waals surface area contributed by atoms with Crippen molar-refractivity contribution in [3.63, 3.8) is 0 Å². The Kier molecular flexibility index (Phi) is 4.27. The molecule has 0 atom stereocenters. The zero-order valence-electron chi connectivity index (χ0n) is 12.1. The van der Waals surface area contributed by atoms with Crippen LogP contribution in [-0.2, 0) is 6.18 Å². The van der Waals surface area contributed by atoms with Gasteiger partial charge < -0.3 is 10.2 Å². The Morgan fingerprint density at radius 2 is 1.90 bits per heavy atom. The normalized spacial score (nSPS) is 18.6. The molecule has 1 aliphatic rings. The van der Waals surface area contributed by atoms with Crippen LogP contribution >= 0.6 is 0 Å². The number of rotatable bonds is 2. The van der Waals surface area contributed by atoms with Crippen molar-refractivity contribution in [2.45, 2.75) is 31.5 Å². The number of halogens is 3. The van der Waals surface area contributed by atoms with E-state index in [2.05, 4.69) is 12.2 Å². The van der Waals surface area contributed by atoms with Gasteiger partial charge in [0.2, 0.25) is 0 Å². The lowest BCUT2D eigenvalue weighted by Crippen LogP contribution is -2.51. The van der Waals surface area contributed by atoms with Crippen LogP contribution in [0.15, 0.2) is 24.3 Å². The molecule has 2 rings (SSSR count). The van der Waals surface area contributed by atoms with Crippen LogP contribution in [0, 0.1) is 0 Å². The SMILES string of the molecule is CNC1(C)CCN(C(=O)c2cccc(C(F)(F)F)c2)CC1. The summed E-state index contributed by atoms with van der Waals surface area (Å²) in [7, 11) is 1.88. The van der Waals surface area contributed by atoms with Gasteiger partial charge in [-0.3, -0.25) is 4.79 Å². The lowest BCUT2D eigenvalue weighted by molar-refractivity contribution is -0.137. The Bertz CT molecular complexity index is 520. The van der Waals surface area contributed by atoms with Gasteiger partial charge in [0.05, 0.1) is 5.56 Å². The Labute approximate surface area is 122 Å². The first-order valence-electron chi connectivity index (χ1n) is 6.91. The molecule has 1 heterocycles. The lowest BCUT2D eigenvalue weighted by Gasteiger charge is -2.39. The highest BCUT2D eigenvalue weighted by atomic mass is 19.4. The molecule has 116 valence electrons. The zero-order valence-corrected chi connectivity index (χ0v) is 12.1. The first-order valence-corrected chi connectivity index (χ1v) is 6.91. The summed E-state index contributed by atoms with van der Waals surface area (Å²) in [5.41, 5.74) is -0.701. The van der Waals surface area contributed by atoms with Crippen molar-refractivity contribution in [1.29, 1.82) is 0 Å². The zero-order chi connectivity index (χ0) is 15.7. The first-order chi connectivity index (χ1) is 9.75. The minimum atomic E-state index is -4.43. The number of carbonyl (C=O) groups is 1.